The second-order valence-electron chi connectivity index (χ2n) is 6.69. The Morgan fingerprint density at radius 2 is 1.63 bits per heavy atom. The molecule has 0 unspecified atom stereocenters. The molecule has 0 bridgehead atoms. The van der Waals surface area contributed by atoms with Crippen LogP contribution in [-0.2, 0) is 9.53 Å². The molecule has 0 spiro atoms. The van der Waals surface area contributed by atoms with Crippen LogP contribution in [0.25, 0.3) is 0 Å². The van der Waals surface area contributed by atoms with Gasteiger partial charge in [-0.05, 0) is 50.4 Å². The zero-order valence-corrected chi connectivity index (χ0v) is 11.8. The molecule has 1 saturated heterocycles. The van der Waals surface area contributed by atoms with E-state index in [0.29, 0.717) is 25.7 Å². The van der Waals surface area contributed by atoms with Crippen LogP contribution in [0, 0.1) is 17.3 Å². The largest absolute Gasteiger partial charge is 0.381 e. The normalized spacial score (nSPS) is 26.2. The summed E-state index contributed by atoms with van der Waals surface area (Å²) in [4.78, 5) is 15.1. The van der Waals surface area contributed by atoms with E-state index < -0.39 is 0 Å². The van der Waals surface area contributed by atoms with Crippen molar-refractivity contribution >= 4 is 5.91 Å². The van der Waals surface area contributed by atoms with Gasteiger partial charge in [0, 0.05) is 32.8 Å². The molecule has 1 aliphatic heterocycles. The van der Waals surface area contributed by atoms with Gasteiger partial charge in [-0.3, -0.25) is 4.79 Å². The average Bonchev–Trinajstić information content (AvgIpc) is 3.33. The SMILES string of the molecule is NCC1(C(=O)N(CC2CC2)CC2CC2)CCOCC1. The first kappa shape index (κ1) is 13.4. The van der Waals surface area contributed by atoms with Crippen molar-refractivity contribution in [2.75, 3.05) is 32.8 Å². The lowest BCUT2D eigenvalue weighted by molar-refractivity contribution is -0.147. The Hall–Kier alpha value is -0.610. The highest BCUT2D eigenvalue weighted by Crippen LogP contribution is 2.37. The molecular weight excluding hydrogens is 240 g/mol. The number of nitrogens with zero attached hydrogens (tertiary/aromatic N) is 1. The molecule has 0 atom stereocenters. The predicted molar refractivity (Wildman–Crippen MR) is 73.6 cm³/mol. The zero-order valence-electron chi connectivity index (χ0n) is 11.8. The first-order valence-corrected chi connectivity index (χ1v) is 7.81. The quantitative estimate of drug-likeness (QED) is 0.790. The summed E-state index contributed by atoms with van der Waals surface area (Å²) in [5, 5.41) is 0. The van der Waals surface area contributed by atoms with Crippen LogP contribution in [0.4, 0.5) is 0 Å². The summed E-state index contributed by atoms with van der Waals surface area (Å²) in [5.74, 6) is 1.84. The molecular formula is C15H26N2O2. The molecule has 0 aromatic rings. The van der Waals surface area contributed by atoms with Gasteiger partial charge >= 0.3 is 0 Å². The third-order valence-electron chi connectivity index (χ3n) is 4.93. The standard InChI is InChI=1S/C15H26N2O2/c16-11-15(5-7-19-8-6-15)14(18)17(9-12-1-2-12)10-13-3-4-13/h12-13H,1-11,16H2. The molecule has 3 fully saturated rings. The van der Waals surface area contributed by atoms with Gasteiger partial charge in [-0.25, -0.2) is 0 Å². The maximum atomic E-state index is 13.0. The van der Waals surface area contributed by atoms with Crippen molar-refractivity contribution in [2.45, 2.75) is 38.5 Å². The number of hydrogen-bond donors (Lipinski definition) is 1. The van der Waals surface area contributed by atoms with Gasteiger partial charge in [0.25, 0.3) is 0 Å². The second-order valence-corrected chi connectivity index (χ2v) is 6.69. The molecule has 1 amide bonds. The third-order valence-corrected chi connectivity index (χ3v) is 4.93. The summed E-state index contributed by atoms with van der Waals surface area (Å²) in [7, 11) is 0. The molecule has 108 valence electrons. The Labute approximate surface area is 115 Å². The molecule has 0 aromatic heterocycles. The van der Waals surface area contributed by atoms with Crippen molar-refractivity contribution in [1.82, 2.24) is 4.90 Å². The van der Waals surface area contributed by atoms with E-state index in [9.17, 15) is 4.79 Å². The fourth-order valence-corrected chi connectivity index (χ4v) is 3.07. The first-order chi connectivity index (χ1) is 9.23. The maximum Gasteiger partial charge on any atom is 0.230 e. The molecule has 19 heavy (non-hydrogen) atoms. The first-order valence-electron chi connectivity index (χ1n) is 7.81. The smallest absolute Gasteiger partial charge is 0.230 e. The fourth-order valence-electron chi connectivity index (χ4n) is 3.07. The van der Waals surface area contributed by atoms with Crippen LogP contribution < -0.4 is 5.73 Å². The number of carbonyl (C=O) groups is 1. The molecule has 3 aliphatic rings. The van der Waals surface area contributed by atoms with Crippen molar-refractivity contribution < 1.29 is 9.53 Å². The Morgan fingerprint density at radius 3 is 2.05 bits per heavy atom. The number of nitrogens with two attached hydrogens (primary N) is 1. The van der Waals surface area contributed by atoms with Crippen molar-refractivity contribution in [3.63, 3.8) is 0 Å². The van der Waals surface area contributed by atoms with Gasteiger partial charge in [-0.15, -0.1) is 0 Å². The van der Waals surface area contributed by atoms with Crippen LogP contribution in [0.15, 0.2) is 0 Å². The van der Waals surface area contributed by atoms with E-state index >= 15 is 0 Å². The van der Waals surface area contributed by atoms with Crippen molar-refractivity contribution in [2.24, 2.45) is 23.0 Å². The Bertz CT molecular complexity index is 317. The minimum absolute atomic E-state index is 0.317. The number of amides is 1. The fraction of sp³-hybridized carbons (Fsp3) is 0.933. The van der Waals surface area contributed by atoms with E-state index in [4.69, 9.17) is 10.5 Å². The zero-order chi connectivity index (χ0) is 13.3. The summed E-state index contributed by atoms with van der Waals surface area (Å²) >= 11 is 0. The summed E-state index contributed by atoms with van der Waals surface area (Å²) in [5.41, 5.74) is 5.64. The molecule has 0 radical (unpaired) electrons. The lowest BCUT2D eigenvalue weighted by Gasteiger charge is -2.39. The van der Waals surface area contributed by atoms with Crippen LogP contribution in [0.1, 0.15) is 38.5 Å². The number of ether oxygens (including phenoxy) is 1. The molecule has 3 rings (SSSR count). The van der Waals surface area contributed by atoms with E-state index in [1.165, 1.54) is 25.7 Å². The Morgan fingerprint density at radius 1 is 1.11 bits per heavy atom. The Balaban J connectivity index is 1.68. The molecule has 2 aliphatic carbocycles. The summed E-state index contributed by atoms with van der Waals surface area (Å²) in [6.07, 6.45) is 6.79. The van der Waals surface area contributed by atoms with E-state index in [2.05, 4.69) is 4.90 Å². The van der Waals surface area contributed by atoms with Gasteiger partial charge < -0.3 is 15.4 Å². The number of carbonyl (C=O) groups excluding carboxylic acids is 1. The van der Waals surface area contributed by atoms with Crippen LogP contribution in [0.3, 0.4) is 0 Å². The lowest BCUT2D eigenvalue weighted by atomic mass is 9.78. The highest BCUT2D eigenvalue weighted by Gasteiger charge is 2.43. The van der Waals surface area contributed by atoms with E-state index in [-0.39, 0.29) is 5.41 Å². The van der Waals surface area contributed by atoms with Crippen LogP contribution in [0.2, 0.25) is 0 Å². The van der Waals surface area contributed by atoms with Crippen LogP contribution >= 0.6 is 0 Å². The molecule has 2 saturated carbocycles. The monoisotopic (exact) mass is 266 g/mol. The van der Waals surface area contributed by atoms with Crippen LogP contribution in [0.5, 0.6) is 0 Å². The summed E-state index contributed by atoms with van der Waals surface area (Å²) in [6.45, 7) is 3.78. The van der Waals surface area contributed by atoms with Crippen molar-refractivity contribution in [3.8, 4) is 0 Å². The number of rotatable bonds is 6. The minimum Gasteiger partial charge on any atom is -0.381 e. The predicted octanol–water partition coefficient (Wildman–Crippen LogP) is 1.39. The van der Waals surface area contributed by atoms with Crippen LogP contribution in [-0.4, -0.2) is 43.7 Å². The highest BCUT2D eigenvalue weighted by molar-refractivity contribution is 5.83. The number of hydrogen-bond acceptors (Lipinski definition) is 3. The van der Waals surface area contributed by atoms with E-state index in [1.54, 1.807) is 0 Å². The lowest BCUT2D eigenvalue weighted by Crippen LogP contribution is -2.51. The summed E-state index contributed by atoms with van der Waals surface area (Å²) < 4.78 is 5.42. The highest BCUT2D eigenvalue weighted by atomic mass is 16.5. The molecule has 1 heterocycles. The average molecular weight is 266 g/mol. The second kappa shape index (κ2) is 5.41. The summed E-state index contributed by atoms with van der Waals surface area (Å²) in [6, 6.07) is 0. The van der Waals surface area contributed by atoms with Gasteiger partial charge in [0.1, 0.15) is 0 Å². The molecule has 4 nitrogen and oxygen atoms in total. The molecule has 4 heteroatoms. The van der Waals surface area contributed by atoms with E-state index in [0.717, 1.165) is 37.8 Å². The maximum absolute atomic E-state index is 13.0. The van der Waals surface area contributed by atoms with Gasteiger partial charge in [0.15, 0.2) is 0 Å². The van der Waals surface area contributed by atoms with Crippen molar-refractivity contribution in [3.05, 3.63) is 0 Å². The third kappa shape index (κ3) is 3.11. The minimum atomic E-state index is -0.331. The van der Waals surface area contributed by atoms with E-state index in [1.807, 2.05) is 0 Å². The Kier molecular flexibility index (Phi) is 3.81. The van der Waals surface area contributed by atoms with Gasteiger partial charge in [0.05, 0.1) is 5.41 Å². The molecule has 0 aromatic carbocycles. The van der Waals surface area contributed by atoms with Gasteiger partial charge in [-0.2, -0.15) is 0 Å². The molecule has 2 N–H and O–H groups in total. The topological polar surface area (TPSA) is 55.6 Å². The van der Waals surface area contributed by atoms with Crippen molar-refractivity contribution in [1.29, 1.82) is 0 Å². The van der Waals surface area contributed by atoms with Gasteiger partial charge in [-0.1, -0.05) is 0 Å². The van der Waals surface area contributed by atoms with Gasteiger partial charge in [0.2, 0.25) is 5.91 Å².